The average molecular weight is 259 g/mol. The Morgan fingerprint density at radius 3 is 2.58 bits per heavy atom. The highest BCUT2D eigenvalue weighted by Crippen LogP contribution is 2.17. The molecule has 0 unspecified atom stereocenters. The minimum atomic E-state index is 0.696. The van der Waals surface area contributed by atoms with E-state index in [0.29, 0.717) is 6.54 Å². The summed E-state index contributed by atoms with van der Waals surface area (Å²) in [5.41, 5.74) is 8.08. The molecule has 2 rings (SSSR count). The highest BCUT2D eigenvalue weighted by Gasteiger charge is 2.10. The Bertz CT molecular complexity index is 503. The Balaban J connectivity index is 2.15. The van der Waals surface area contributed by atoms with Crippen LogP contribution < -0.4 is 10.6 Å². The molecule has 0 aliphatic carbocycles. The molecular formula is C14H21N5. The fourth-order valence-electron chi connectivity index (χ4n) is 1.97. The van der Waals surface area contributed by atoms with Gasteiger partial charge >= 0.3 is 0 Å². The molecule has 0 saturated heterocycles. The number of hydrogen-bond acceptors (Lipinski definition) is 4. The Morgan fingerprint density at radius 1 is 1.26 bits per heavy atom. The van der Waals surface area contributed by atoms with E-state index in [1.807, 2.05) is 11.7 Å². The molecule has 5 nitrogen and oxygen atoms in total. The van der Waals surface area contributed by atoms with Gasteiger partial charge in [-0.2, -0.15) is 5.10 Å². The van der Waals surface area contributed by atoms with Gasteiger partial charge in [-0.15, -0.1) is 0 Å². The summed E-state index contributed by atoms with van der Waals surface area (Å²) in [6.45, 7) is 4.46. The lowest BCUT2D eigenvalue weighted by Gasteiger charge is -2.24. The van der Waals surface area contributed by atoms with E-state index in [4.69, 9.17) is 5.73 Å². The number of aryl methyl sites for hydroxylation is 2. The van der Waals surface area contributed by atoms with Crippen molar-refractivity contribution in [2.75, 3.05) is 18.0 Å². The van der Waals surface area contributed by atoms with E-state index in [1.165, 1.54) is 11.3 Å². The number of benzene rings is 1. The highest BCUT2D eigenvalue weighted by atomic mass is 15.3. The lowest BCUT2D eigenvalue weighted by atomic mass is 10.2. The summed E-state index contributed by atoms with van der Waals surface area (Å²) in [6.07, 6.45) is 2.55. The Morgan fingerprint density at radius 2 is 2.00 bits per heavy atom. The zero-order valence-corrected chi connectivity index (χ0v) is 11.6. The highest BCUT2D eigenvalue weighted by molar-refractivity contribution is 5.47. The maximum atomic E-state index is 5.62. The van der Waals surface area contributed by atoms with Gasteiger partial charge in [-0.3, -0.25) is 4.68 Å². The summed E-state index contributed by atoms with van der Waals surface area (Å²) in [7, 11) is 1.92. The minimum Gasteiger partial charge on any atom is -0.364 e. The van der Waals surface area contributed by atoms with Crippen molar-refractivity contribution in [1.82, 2.24) is 14.8 Å². The van der Waals surface area contributed by atoms with Crippen LogP contribution in [0.1, 0.15) is 17.8 Å². The molecule has 1 aromatic carbocycles. The fourth-order valence-corrected chi connectivity index (χ4v) is 1.97. The van der Waals surface area contributed by atoms with Gasteiger partial charge in [-0.1, -0.05) is 17.7 Å². The van der Waals surface area contributed by atoms with Gasteiger partial charge in [0.25, 0.3) is 0 Å². The van der Waals surface area contributed by atoms with E-state index >= 15 is 0 Å². The van der Waals surface area contributed by atoms with E-state index in [2.05, 4.69) is 46.2 Å². The maximum absolute atomic E-state index is 5.62. The van der Waals surface area contributed by atoms with Gasteiger partial charge in [0.05, 0.1) is 6.54 Å². The van der Waals surface area contributed by atoms with E-state index in [9.17, 15) is 0 Å². The first-order valence-corrected chi connectivity index (χ1v) is 6.55. The average Bonchev–Trinajstić information content (AvgIpc) is 2.81. The van der Waals surface area contributed by atoms with E-state index in [0.717, 1.165) is 25.3 Å². The second kappa shape index (κ2) is 6.33. The van der Waals surface area contributed by atoms with Crippen LogP contribution >= 0.6 is 0 Å². The quantitative estimate of drug-likeness (QED) is 0.853. The van der Waals surface area contributed by atoms with Gasteiger partial charge in [0.2, 0.25) is 0 Å². The van der Waals surface area contributed by atoms with Crippen molar-refractivity contribution >= 4 is 5.69 Å². The molecule has 0 bridgehead atoms. The van der Waals surface area contributed by atoms with E-state index < -0.39 is 0 Å². The van der Waals surface area contributed by atoms with Gasteiger partial charge in [0.1, 0.15) is 12.2 Å². The zero-order chi connectivity index (χ0) is 13.7. The third-order valence-corrected chi connectivity index (χ3v) is 3.17. The molecule has 1 heterocycles. The van der Waals surface area contributed by atoms with Gasteiger partial charge in [-0.05, 0) is 32.0 Å². The molecule has 5 heteroatoms. The van der Waals surface area contributed by atoms with Crippen molar-refractivity contribution in [2.45, 2.75) is 19.9 Å². The van der Waals surface area contributed by atoms with E-state index in [1.54, 1.807) is 6.33 Å². The summed E-state index contributed by atoms with van der Waals surface area (Å²) in [5, 5.41) is 4.11. The van der Waals surface area contributed by atoms with Crippen LogP contribution in [-0.4, -0.2) is 27.9 Å². The van der Waals surface area contributed by atoms with Crippen LogP contribution in [0.3, 0.4) is 0 Å². The van der Waals surface area contributed by atoms with Gasteiger partial charge < -0.3 is 10.6 Å². The van der Waals surface area contributed by atoms with Gasteiger partial charge in [0.15, 0.2) is 0 Å². The van der Waals surface area contributed by atoms with Crippen LogP contribution in [0.4, 0.5) is 5.69 Å². The number of nitrogens with two attached hydrogens (primary N) is 1. The molecule has 0 spiro atoms. The number of nitrogens with zero attached hydrogens (tertiary/aromatic N) is 4. The molecule has 102 valence electrons. The lowest BCUT2D eigenvalue weighted by Crippen LogP contribution is -2.27. The molecule has 0 fully saturated rings. The summed E-state index contributed by atoms with van der Waals surface area (Å²) in [4.78, 5) is 6.57. The van der Waals surface area contributed by atoms with Gasteiger partial charge in [-0.25, -0.2) is 4.98 Å². The summed E-state index contributed by atoms with van der Waals surface area (Å²) < 4.78 is 1.81. The molecule has 0 aliphatic rings. The molecule has 0 atom stereocenters. The fraction of sp³-hybridized carbons (Fsp3) is 0.429. The first-order chi connectivity index (χ1) is 9.20. The van der Waals surface area contributed by atoms with Crippen LogP contribution in [0.25, 0.3) is 0 Å². The monoisotopic (exact) mass is 259 g/mol. The number of anilines is 1. The number of aromatic nitrogens is 3. The molecular weight excluding hydrogens is 238 g/mol. The van der Waals surface area contributed by atoms with Crippen LogP contribution in [0, 0.1) is 6.92 Å². The predicted octanol–water partition coefficient (Wildman–Crippen LogP) is 1.48. The van der Waals surface area contributed by atoms with Crippen LogP contribution in [0.2, 0.25) is 0 Å². The second-order valence-corrected chi connectivity index (χ2v) is 4.70. The summed E-state index contributed by atoms with van der Waals surface area (Å²) in [5.74, 6) is 0.956. The zero-order valence-electron chi connectivity index (χ0n) is 11.6. The molecule has 2 aromatic rings. The molecule has 0 amide bonds. The molecule has 19 heavy (non-hydrogen) atoms. The van der Waals surface area contributed by atoms with Crippen molar-refractivity contribution in [3.05, 3.63) is 42.0 Å². The van der Waals surface area contributed by atoms with Crippen molar-refractivity contribution in [2.24, 2.45) is 12.8 Å². The second-order valence-electron chi connectivity index (χ2n) is 4.70. The minimum absolute atomic E-state index is 0.696. The van der Waals surface area contributed by atoms with E-state index in [-0.39, 0.29) is 0 Å². The molecule has 1 aromatic heterocycles. The topological polar surface area (TPSA) is 60.0 Å². The predicted molar refractivity (Wildman–Crippen MR) is 76.9 cm³/mol. The number of rotatable bonds is 6. The summed E-state index contributed by atoms with van der Waals surface area (Å²) >= 11 is 0. The molecule has 0 radical (unpaired) electrons. The smallest absolute Gasteiger partial charge is 0.146 e. The normalized spacial score (nSPS) is 10.7. The van der Waals surface area contributed by atoms with Crippen LogP contribution in [-0.2, 0) is 13.6 Å². The van der Waals surface area contributed by atoms with Crippen LogP contribution in [0.5, 0.6) is 0 Å². The standard InChI is InChI=1S/C14H21N5/c1-12-4-6-13(7-5-12)19(9-3-8-15)10-14-16-11-17-18(14)2/h4-7,11H,3,8-10,15H2,1-2H3. The largest absolute Gasteiger partial charge is 0.364 e. The third-order valence-electron chi connectivity index (χ3n) is 3.17. The molecule has 0 saturated carbocycles. The van der Waals surface area contributed by atoms with Gasteiger partial charge in [0, 0.05) is 19.3 Å². The van der Waals surface area contributed by atoms with Crippen LogP contribution in [0.15, 0.2) is 30.6 Å². The third kappa shape index (κ3) is 3.54. The van der Waals surface area contributed by atoms with Crippen molar-refractivity contribution < 1.29 is 0 Å². The molecule has 0 aliphatic heterocycles. The Labute approximate surface area is 114 Å². The maximum Gasteiger partial charge on any atom is 0.146 e. The van der Waals surface area contributed by atoms with Crippen molar-refractivity contribution in [3.8, 4) is 0 Å². The SMILES string of the molecule is Cc1ccc(N(CCCN)Cc2ncnn2C)cc1. The lowest BCUT2D eigenvalue weighted by molar-refractivity contribution is 0.655. The first kappa shape index (κ1) is 13.5. The summed E-state index contributed by atoms with van der Waals surface area (Å²) in [6, 6.07) is 8.54. The van der Waals surface area contributed by atoms with Crippen molar-refractivity contribution in [3.63, 3.8) is 0 Å². The van der Waals surface area contributed by atoms with Crippen molar-refractivity contribution in [1.29, 1.82) is 0 Å². The Hall–Kier alpha value is -1.88. The number of hydrogen-bond donors (Lipinski definition) is 1. The first-order valence-electron chi connectivity index (χ1n) is 6.55. The molecule has 2 N–H and O–H groups in total. The Kier molecular flexibility index (Phi) is 4.52.